The van der Waals surface area contributed by atoms with Crippen molar-refractivity contribution >= 4 is 40.7 Å². The smallest absolute Gasteiger partial charge is 0.244 e. The summed E-state index contributed by atoms with van der Waals surface area (Å²) in [6.07, 6.45) is 3.28. The van der Waals surface area contributed by atoms with E-state index in [9.17, 15) is 9.59 Å². The number of hydrogen-bond donors (Lipinski definition) is 2. The maximum atomic E-state index is 12.5. The number of carbonyl (C=O) groups excluding carboxylic acids is 2. The lowest BCUT2D eigenvalue weighted by molar-refractivity contribution is -0.135. The highest BCUT2D eigenvalue weighted by molar-refractivity contribution is 6.35. The van der Waals surface area contributed by atoms with Gasteiger partial charge in [0.05, 0.1) is 17.3 Å². The summed E-state index contributed by atoms with van der Waals surface area (Å²) in [6, 6.07) is 4.88. The van der Waals surface area contributed by atoms with Crippen LogP contribution in [0.25, 0.3) is 0 Å². The van der Waals surface area contributed by atoms with Gasteiger partial charge < -0.3 is 15.5 Å². The van der Waals surface area contributed by atoms with E-state index in [1.807, 2.05) is 6.92 Å². The van der Waals surface area contributed by atoms with Crippen LogP contribution >= 0.6 is 23.2 Å². The quantitative estimate of drug-likeness (QED) is 0.718. The molecule has 2 N–H and O–H groups in total. The predicted octanol–water partition coefficient (Wildman–Crippen LogP) is 3.56. The molecule has 138 valence electrons. The average molecular weight is 386 g/mol. The Kier molecular flexibility index (Phi) is 8.00. The topological polar surface area (TPSA) is 61.4 Å². The van der Waals surface area contributed by atoms with Crippen LogP contribution in [-0.4, -0.2) is 42.9 Å². The van der Waals surface area contributed by atoms with E-state index in [4.69, 9.17) is 23.2 Å². The molecule has 0 aromatic heterocycles. The van der Waals surface area contributed by atoms with Crippen molar-refractivity contribution < 1.29 is 9.59 Å². The van der Waals surface area contributed by atoms with Gasteiger partial charge in [-0.1, -0.05) is 30.1 Å². The van der Waals surface area contributed by atoms with Gasteiger partial charge in [0, 0.05) is 18.0 Å². The molecule has 0 spiro atoms. The van der Waals surface area contributed by atoms with Crippen molar-refractivity contribution in [1.82, 2.24) is 10.2 Å². The third-order valence-corrected chi connectivity index (χ3v) is 4.88. The van der Waals surface area contributed by atoms with Gasteiger partial charge in [0.25, 0.3) is 0 Å². The van der Waals surface area contributed by atoms with Gasteiger partial charge in [0.1, 0.15) is 0 Å². The standard InChI is InChI=1S/C18H25Cl2N3O2/c1-2-9-23(18(25)6-3-13-7-8-21-11-13)12-17(24)22-16-10-14(19)4-5-15(16)20/h4-5,10,13,21H,2-3,6-9,11-12H2,1H3,(H,22,24). The molecule has 2 amide bonds. The first-order valence-corrected chi connectivity index (χ1v) is 9.48. The zero-order chi connectivity index (χ0) is 18.2. The molecule has 5 nitrogen and oxygen atoms in total. The van der Waals surface area contributed by atoms with Crippen molar-refractivity contribution in [2.45, 2.75) is 32.6 Å². The molecule has 1 fully saturated rings. The van der Waals surface area contributed by atoms with Crippen LogP contribution in [0.15, 0.2) is 18.2 Å². The minimum Gasteiger partial charge on any atom is -0.333 e. The molecular weight excluding hydrogens is 361 g/mol. The maximum Gasteiger partial charge on any atom is 0.244 e. The normalized spacial score (nSPS) is 16.7. The minimum atomic E-state index is -0.270. The molecule has 0 aliphatic carbocycles. The number of anilines is 1. The van der Waals surface area contributed by atoms with Crippen molar-refractivity contribution in [3.63, 3.8) is 0 Å². The molecule has 0 radical (unpaired) electrons. The number of carbonyl (C=O) groups is 2. The Morgan fingerprint density at radius 1 is 1.36 bits per heavy atom. The summed E-state index contributed by atoms with van der Waals surface area (Å²) in [4.78, 5) is 26.4. The highest BCUT2D eigenvalue weighted by atomic mass is 35.5. The van der Waals surface area contributed by atoms with Crippen molar-refractivity contribution in [2.75, 3.05) is 31.5 Å². The Morgan fingerprint density at radius 2 is 2.16 bits per heavy atom. The van der Waals surface area contributed by atoms with Crippen LogP contribution in [0.5, 0.6) is 0 Å². The number of hydrogen-bond acceptors (Lipinski definition) is 3. The van der Waals surface area contributed by atoms with E-state index in [-0.39, 0.29) is 18.4 Å². The summed E-state index contributed by atoms with van der Waals surface area (Å²) >= 11 is 12.0. The summed E-state index contributed by atoms with van der Waals surface area (Å²) in [5, 5.41) is 6.95. The molecule has 25 heavy (non-hydrogen) atoms. The molecule has 0 bridgehead atoms. The molecule has 7 heteroatoms. The molecule has 1 aromatic carbocycles. The van der Waals surface area contributed by atoms with Gasteiger partial charge in [-0.15, -0.1) is 0 Å². The third-order valence-electron chi connectivity index (χ3n) is 4.31. The first kappa shape index (κ1) is 20.0. The van der Waals surface area contributed by atoms with Gasteiger partial charge in [-0.05, 0) is 56.5 Å². The fraction of sp³-hybridized carbons (Fsp3) is 0.556. The second-order valence-corrected chi connectivity index (χ2v) is 7.23. The Labute approximate surface area is 159 Å². The molecule has 1 saturated heterocycles. The molecule has 1 aromatic rings. The lowest BCUT2D eigenvalue weighted by Crippen LogP contribution is -2.38. The van der Waals surface area contributed by atoms with E-state index in [2.05, 4.69) is 10.6 Å². The highest BCUT2D eigenvalue weighted by Gasteiger charge is 2.20. The van der Waals surface area contributed by atoms with Gasteiger partial charge in [-0.3, -0.25) is 9.59 Å². The Hall–Kier alpha value is -1.30. The molecule has 2 rings (SSSR count). The lowest BCUT2D eigenvalue weighted by atomic mass is 10.0. The van der Waals surface area contributed by atoms with Crippen molar-refractivity contribution in [3.05, 3.63) is 28.2 Å². The predicted molar refractivity (Wildman–Crippen MR) is 102 cm³/mol. The molecule has 1 heterocycles. The second-order valence-electron chi connectivity index (χ2n) is 6.39. The van der Waals surface area contributed by atoms with Crippen LogP contribution in [0.4, 0.5) is 5.69 Å². The van der Waals surface area contributed by atoms with Crippen LogP contribution in [-0.2, 0) is 9.59 Å². The van der Waals surface area contributed by atoms with Crippen molar-refractivity contribution in [1.29, 1.82) is 0 Å². The zero-order valence-corrected chi connectivity index (χ0v) is 16.0. The molecule has 1 aliphatic rings. The van der Waals surface area contributed by atoms with E-state index < -0.39 is 0 Å². The van der Waals surface area contributed by atoms with Crippen molar-refractivity contribution in [3.8, 4) is 0 Å². The number of benzene rings is 1. The summed E-state index contributed by atoms with van der Waals surface area (Å²) in [5.41, 5.74) is 0.458. The number of halogens is 2. The summed E-state index contributed by atoms with van der Waals surface area (Å²) < 4.78 is 0. The van der Waals surface area contributed by atoms with E-state index >= 15 is 0 Å². The second kappa shape index (κ2) is 10.00. The van der Waals surface area contributed by atoms with E-state index in [1.165, 1.54) is 0 Å². The molecular formula is C18H25Cl2N3O2. The molecule has 0 saturated carbocycles. The van der Waals surface area contributed by atoms with Crippen LogP contribution < -0.4 is 10.6 Å². The van der Waals surface area contributed by atoms with Crippen LogP contribution in [0.1, 0.15) is 32.6 Å². The number of nitrogens with zero attached hydrogens (tertiary/aromatic N) is 1. The van der Waals surface area contributed by atoms with E-state index in [1.54, 1.807) is 23.1 Å². The Bertz CT molecular complexity index is 604. The van der Waals surface area contributed by atoms with Gasteiger partial charge >= 0.3 is 0 Å². The Morgan fingerprint density at radius 3 is 2.84 bits per heavy atom. The van der Waals surface area contributed by atoms with Gasteiger partial charge in [-0.2, -0.15) is 0 Å². The van der Waals surface area contributed by atoms with Gasteiger partial charge in [0.2, 0.25) is 11.8 Å². The van der Waals surface area contributed by atoms with E-state index in [0.29, 0.717) is 34.6 Å². The summed E-state index contributed by atoms with van der Waals surface area (Å²) in [7, 11) is 0. The number of rotatable bonds is 8. The monoisotopic (exact) mass is 385 g/mol. The summed E-state index contributed by atoms with van der Waals surface area (Å²) in [6.45, 7) is 4.60. The minimum absolute atomic E-state index is 0.0262. The SMILES string of the molecule is CCCN(CC(=O)Nc1cc(Cl)ccc1Cl)C(=O)CCC1CCNC1. The van der Waals surface area contributed by atoms with Crippen LogP contribution in [0, 0.1) is 5.92 Å². The Balaban J connectivity index is 1.89. The third kappa shape index (κ3) is 6.49. The van der Waals surface area contributed by atoms with Crippen LogP contribution in [0.3, 0.4) is 0 Å². The first-order chi connectivity index (χ1) is 12.0. The van der Waals surface area contributed by atoms with Crippen molar-refractivity contribution in [2.24, 2.45) is 5.92 Å². The molecule has 1 unspecified atom stereocenters. The zero-order valence-electron chi connectivity index (χ0n) is 14.5. The number of amides is 2. The maximum absolute atomic E-state index is 12.5. The summed E-state index contributed by atoms with van der Waals surface area (Å²) in [5.74, 6) is 0.320. The largest absolute Gasteiger partial charge is 0.333 e. The van der Waals surface area contributed by atoms with Crippen LogP contribution in [0.2, 0.25) is 10.0 Å². The highest BCUT2D eigenvalue weighted by Crippen LogP contribution is 2.25. The number of nitrogens with one attached hydrogen (secondary N) is 2. The van der Waals surface area contributed by atoms with Gasteiger partial charge in [0.15, 0.2) is 0 Å². The average Bonchev–Trinajstić information content (AvgIpc) is 3.09. The lowest BCUT2D eigenvalue weighted by Gasteiger charge is -2.22. The fourth-order valence-electron chi connectivity index (χ4n) is 2.96. The molecule has 1 aliphatic heterocycles. The fourth-order valence-corrected chi connectivity index (χ4v) is 3.30. The first-order valence-electron chi connectivity index (χ1n) is 8.73. The van der Waals surface area contributed by atoms with E-state index in [0.717, 1.165) is 32.4 Å². The van der Waals surface area contributed by atoms with Gasteiger partial charge in [-0.25, -0.2) is 0 Å². The molecule has 1 atom stereocenters.